The van der Waals surface area contributed by atoms with E-state index in [1.807, 2.05) is 13.8 Å². The van der Waals surface area contributed by atoms with E-state index in [9.17, 15) is 27.7 Å². The Labute approximate surface area is 173 Å². The van der Waals surface area contributed by atoms with Gasteiger partial charge in [0, 0.05) is 30.8 Å². The molecule has 0 spiro atoms. The maximum absolute atomic E-state index is 14.0. The number of hydrogen-bond acceptors (Lipinski definition) is 5. The first kappa shape index (κ1) is 21.8. The van der Waals surface area contributed by atoms with Crippen molar-refractivity contribution in [2.24, 2.45) is 11.8 Å². The number of amides is 1. The summed E-state index contributed by atoms with van der Waals surface area (Å²) in [7, 11) is -3.79. The molecule has 0 saturated carbocycles. The molecule has 1 heterocycles. The molecule has 2 atom stereocenters. The lowest BCUT2D eigenvalue weighted by molar-refractivity contribution is -0.384. The van der Waals surface area contributed by atoms with Crippen molar-refractivity contribution in [1.82, 2.24) is 4.31 Å². The first-order valence-electron chi connectivity index (χ1n) is 9.43. The molecular formula is C20H22FN3O5S. The van der Waals surface area contributed by atoms with Gasteiger partial charge in [0.1, 0.15) is 5.82 Å². The zero-order valence-corrected chi connectivity index (χ0v) is 17.4. The summed E-state index contributed by atoms with van der Waals surface area (Å²) in [5.74, 6) is -1.15. The third-order valence-corrected chi connectivity index (χ3v) is 6.81. The molecule has 1 saturated heterocycles. The first-order valence-corrected chi connectivity index (χ1v) is 10.9. The molecule has 160 valence electrons. The second-order valence-corrected chi connectivity index (χ2v) is 9.61. The molecule has 1 N–H and O–H groups in total. The summed E-state index contributed by atoms with van der Waals surface area (Å²) in [5, 5.41) is 13.1. The number of nitrogens with one attached hydrogen (secondary N) is 1. The third kappa shape index (κ3) is 4.65. The molecule has 1 aliphatic rings. The number of carbonyl (C=O) groups is 1. The molecule has 0 radical (unpaired) electrons. The number of rotatable bonds is 5. The first-order chi connectivity index (χ1) is 14.1. The number of nitrogens with zero attached hydrogens (tertiary/aromatic N) is 2. The van der Waals surface area contributed by atoms with Gasteiger partial charge in [-0.25, -0.2) is 12.8 Å². The van der Waals surface area contributed by atoms with Crippen LogP contribution in [0.3, 0.4) is 0 Å². The van der Waals surface area contributed by atoms with Gasteiger partial charge in [-0.2, -0.15) is 4.31 Å². The molecule has 2 aromatic carbocycles. The Morgan fingerprint density at radius 2 is 1.83 bits per heavy atom. The summed E-state index contributed by atoms with van der Waals surface area (Å²) < 4.78 is 41.5. The van der Waals surface area contributed by atoms with E-state index < -0.39 is 26.7 Å². The Balaban J connectivity index is 1.86. The molecule has 30 heavy (non-hydrogen) atoms. The lowest BCUT2D eigenvalue weighted by Crippen LogP contribution is -2.42. The van der Waals surface area contributed by atoms with Crippen molar-refractivity contribution in [2.75, 3.05) is 18.4 Å². The molecule has 0 aliphatic carbocycles. The van der Waals surface area contributed by atoms with Gasteiger partial charge in [0.25, 0.3) is 11.6 Å². The van der Waals surface area contributed by atoms with Crippen LogP contribution < -0.4 is 5.32 Å². The summed E-state index contributed by atoms with van der Waals surface area (Å²) in [6.07, 6.45) is 0.948. The summed E-state index contributed by atoms with van der Waals surface area (Å²) in [6.45, 7) is 4.80. The van der Waals surface area contributed by atoms with E-state index in [1.54, 1.807) is 0 Å². The smallest absolute Gasteiger partial charge is 0.271 e. The highest BCUT2D eigenvalue weighted by atomic mass is 32.2. The minimum Gasteiger partial charge on any atom is -0.319 e. The van der Waals surface area contributed by atoms with E-state index >= 15 is 0 Å². The zero-order valence-electron chi connectivity index (χ0n) is 16.5. The number of benzene rings is 2. The number of sulfonamides is 1. The van der Waals surface area contributed by atoms with Crippen molar-refractivity contribution in [3.05, 3.63) is 64.0 Å². The van der Waals surface area contributed by atoms with Crippen LogP contribution in [0.25, 0.3) is 0 Å². The Bertz CT molecular complexity index is 1080. The SMILES string of the molecule is CC1CC(C)CN(S(=O)(=O)c2cccc(C(=O)Nc3cc([N+](=O)[O-])ccc3F)c2)C1. The lowest BCUT2D eigenvalue weighted by atomic mass is 9.94. The van der Waals surface area contributed by atoms with Crippen LogP contribution in [-0.4, -0.2) is 36.6 Å². The maximum Gasteiger partial charge on any atom is 0.271 e. The second-order valence-electron chi connectivity index (χ2n) is 7.67. The Hall–Kier alpha value is -2.85. The largest absolute Gasteiger partial charge is 0.319 e. The summed E-state index contributed by atoms with van der Waals surface area (Å²) in [6, 6.07) is 8.23. The standard InChI is InChI=1S/C20H22FN3O5S/c1-13-8-14(2)12-23(11-13)30(28,29)17-5-3-4-15(9-17)20(25)22-19-10-16(24(26)27)6-7-18(19)21/h3-7,9-10,13-14H,8,11-12H2,1-2H3,(H,22,25). The molecule has 2 unspecified atom stereocenters. The molecule has 8 nitrogen and oxygen atoms in total. The van der Waals surface area contributed by atoms with Crippen LogP contribution in [0, 0.1) is 27.8 Å². The topological polar surface area (TPSA) is 110 Å². The Morgan fingerprint density at radius 1 is 1.17 bits per heavy atom. The zero-order chi connectivity index (χ0) is 22.1. The van der Waals surface area contributed by atoms with Crippen molar-refractivity contribution in [1.29, 1.82) is 0 Å². The fourth-order valence-electron chi connectivity index (χ4n) is 3.67. The minimum atomic E-state index is -3.79. The highest BCUT2D eigenvalue weighted by Crippen LogP contribution is 2.27. The van der Waals surface area contributed by atoms with Crippen molar-refractivity contribution >= 4 is 27.3 Å². The summed E-state index contributed by atoms with van der Waals surface area (Å²) in [4.78, 5) is 22.7. The van der Waals surface area contributed by atoms with Crippen LogP contribution in [-0.2, 0) is 10.0 Å². The van der Waals surface area contributed by atoms with Gasteiger partial charge in [0.2, 0.25) is 10.0 Å². The van der Waals surface area contributed by atoms with E-state index in [0.717, 1.165) is 24.6 Å². The van der Waals surface area contributed by atoms with Gasteiger partial charge in [-0.1, -0.05) is 19.9 Å². The number of nitro groups is 1. The van der Waals surface area contributed by atoms with Gasteiger partial charge in [-0.3, -0.25) is 14.9 Å². The molecule has 10 heteroatoms. The number of nitro benzene ring substituents is 1. The van der Waals surface area contributed by atoms with E-state index in [1.165, 1.54) is 28.6 Å². The van der Waals surface area contributed by atoms with Crippen LogP contribution in [0.4, 0.5) is 15.8 Å². The van der Waals surface area contributed by atoms with E-state index in [0.29, 0.717) is 13.1 Å². The highest BCUT2D eigenvalue weighted by molar-refractivity contribution is 7.89. The molecule has 3 rings (SSSR count). The molecule has 2 aromatic rings. The average Bonchev–Trinajstić information content (AvgIpc) is 2.68. The molecular weight excluding hydrogens is 413 g/mol. The van der Waals surface area contributed by atoms with Gasteiger partial charge in [0.15, 0.2) is 0 Å². The summed E-state index contributed by atoms with van der Waals surface area (Å²) >= 11 is 0. The summed E-state index contributed by atoms with van der Waals surface area (Å²) in [5.41, 5.74) is -0.738. The van der Waals surface area contributed by atoms with Crippen LogP contribution >= 0.6 is 0 Å². The van der Waals surface area contributed by atoms with Crippen molar-refractivity contribution < 1.29 is 22.5 Å². The molecule has 1 amide bonds. The molecule has 1 aliphatic heterocycles. The van der Waals surface area contributed by atoms with Gasteiger partial charge < -0.3 is 5.32 Å². The third-order valence-electron chi connectivity index (χ3n) is 4.98. The number of anilines is 1. The Morgan fingerprint density at radius 3 is 2.47 bits per heavy atom. The maximum atomic E-state index is 14.0. The van der Waals surface area contributed by atoms with Crippen LogP contribution in [0.1, 0.15) is 30.6 Å². The quantitative estimate of drug-likeness (QED) is 0.569. The number of non-ortho nitro benzene ring substituents is 1. The number of halogens is 1. The van der Waals surface area contributed by atoms with Crippen molar-refractivity contribution in [3.8, 4) is 0 Å². The van der Waals surface area contributed by atoms with Gasteiger partial charge >= 0.3 is 0 Å². The van der Waals surface area contributed by atoms with E-state index in [2.05, 4.69) is 5.32 Å². The molecule has 0 bridgehead atoms. The lowest BCUT2D eigenvalue weighted by Gasteiger charge is -2.34. The van der Waals surface area contributed by atoms with E-state index in [4.69, 9.17) is 0 Å². The predicted octanol–water partition coefficient (Wildman–Crippen LogP) is 3.65. The second kappa shape index (κ2) is 8.49. The fraction of sp³-hybridized carbons (Fsp3) is 0.350. The minimum absolute atomic E-state index is 0.0000810. The van der Waals surface area contributed by atoms with Crippen LogP contribution in [0.15, 0.2) is 47.4 Å². The average molecular weight is 435 g/mol. The predicted molar refractivity (Wildman–Crippen MR) is 109 cm³/mol. The number of hydrogen-bond donors (Lipinski definition) is 1. The van der Waals surface area contributed by atoms with Crippen LogP contribution in [0.2, 0.25) is 0 Å². The van der Waals surface area contributed by atoms with Gasteiger partial charge in [-0.15, -0.1) is 0 Å². The number of carbonyl (C=O) groups excluding carboxylic acids is 1. The van der Waals surface area contributed by atoms with Gasteiger partial charge in [0.05, 0.1) is 15.5 Å². The van der Waals surface area contributed by atoms with Crippen LogP contribution in [0.5, 0.6) is 0 Å². The van der Waals surface area contributed by atoms with E-state index in [-0.39, 0.29) is 33.7 Å². The number of piperidine rings is 1. The van der Waals surface area contributed by atoms with Crippen molar-refractivity contribution in [3.63, 3.8) is 0 Å². The fourth-order valence-corrected chi connectivity index (χ4v) is 5.39. The molecule has 0 aromatic heterocycles. The Kier molecular flexibility index (Phi) is 6.18. The van der Waals surface area contributed by atoms with Crippen molar-refractivity contribution in [2.45, 2.75) is 25.2 Å². The van der Waals surface area contributed by atoms with Gasteiger partial charge in [-0.05, 0) is 42.5 Å². The molecule has 1 fully saturated rings. The highest BCUT2D eigenvalue weighted by Gasteiger charge is 2.32. The normalized spacial score (nSPS) is 20.0. The monoisotopic (exact) mass is 435 g/mol.